The lowest BCUT2D eigenvalue weighted by molar-refractivity contribution is -0.140. The standard InChI is InChI=1S/C12H8Cl2.C6H6.C4H8O2.ClH/c13-11-8-4-7-10(12(11)14)9-5-2-1-3-6-9;1-2-4-6-5-3-1;1-3-6-4(2)5;/h1-8H;1-6H;3H2,1-2H3;1H. The van der Waals surface area contributed by atoms with E-state index in [1.54, 1.807) is 13.0 Å². The van der Waals surface area contributed by atoms with E-state index in [9.17, 15) is 4.79 Å². The first kappa shape index (κ1) is 25.0. The highest BCUT2D eigenvalue weighted by Gasteiger charge is 2.05. The third-order valence-electron chi connectivity index (χ3n) is 3.05. The number of rotatable bonds is 2. The summed E-state index contributed by atoms with van der Waals surface area (Å²) >= 11 is 12.0. The van der Waals surface area contributed by atoms with Crippen LogP contribution in [0, 0.1) is 0 Å². The second kappa shape index (κ2) is 15.1. The molecule has 3 aromatic rings. The Morgan fingerprint density at radius 3 is 1.70 bits per heavy atom. The van der Waals surface area contributed by atoms with E-state index in [4.69, 9.17) is 23.2 Å². The van der Waals surface area contributed by atoms with Crippen molar-refractivity contribution in [2.45, 2.75) is 13.8 Å². The Kier molecular flexibility index (Phi) is 14.0. The molecule has 5 heteroatoms. The Balaban J connectivity index is 0.000000436. The summed E-state index contributed by atoms with van der Waals surface area (Å²) in [5.74, 6) is -0.211. The fraction of sp³-hybridized carbons (Fsp3) is 0.136. The smallest absolute Gasteiger partial charge is 0.302 e. The fourth-order valence-electron chi connectivity index (χ4n) is 1.93. The minimum absolute atomic E-state index is 0. The lowest BCUT2D eigenvalue weighted by Crippen LogP contribution is -1.95. The van der Waals surface area contributed by atoms with Crippen molar-refractivity contribution in [1.82, 2.24) is 0 Å². The van der Waals surface area contributed by atoms with E-state index in [0.717, 1.165) is 11.1 Å². The lowest BCUT2D eigenvalue weighted by atomic mass is 10.1. The zero-order chi connectivity index (χ0) is 19.2. The van der Waals surface area contributed by atoms with Crippen LogP contribution in [0.3, 0.4) is 0 Å². The van der Waals surface area contributed by atoms with Crippen molar-refractivity contribution < 1.29 is 9.53 Å². The van der Waals surface area contributed by atoms with Crippen LogP contribution in [0.2, 0.25) is 10.0 Å². The summed E-state index contributed by atoms with van der Waals surface area (Å²) in [5, 5.41) is 1.20. The molecule has 0 N–H and O–H groups in total. The van der Waals surface area contributed by atoms with Crippen LogP contribution < -0.4 is 0 Å². The molecule has 2 nitrogen and oxygen atoms in total. The summed E-state index contributed by atoms with van der Waals surface area (Å²) in [7, 11) is 0. The van der Waals surface area contributed by atoms with Crippen molar-refractivity contribution in [2.75, 3.05) is 6.61 Å². The zero-order valence-corrected chi connectivity index (χ0v) is 17.6. The van der Waals surface area contributed by atoms with Crippen LogP contribution >= 0.6 is 35.6 Å². The van der Waals surface area contributed by atoms with E-state index in [-0.39, 0.29) is 18.4 Å². The van der Waals surface area contributed by atoms with Gasteiger partial charge in [-0.2, -0.15) is 0 Å². The average Bonchev–Trinajstić information content (AvgIpc) is 2.67. The molecule has 3 rings (SSSR count). The summed E-state index contributed by atoms with van der Waals surface area (Å²) in [6.45, 7) is 3.65. The number of hydrogen-bond acceptors (Lipinski definition) is 2. The highest BCUT2D eigenvalue weighted by Crippen LogP contribution is 2.32. The molecule has 0 radical (unpaired) electrons. The van der Waals surface area contributed by atoms with Gasteiger partial charge >= 0.3 is 5.97 Å². The number of benzene rings is 3. The van der Waals surface area contributed by atoms with Crippen LogP contribution in [0.1, 0.15) is 13.8 Å². The molecular formula is C22H23Cl3O2. The number of esters is 1. The SMILES string of the molecule is CCOC(C)=O.Cl.Clc1cccc(-c2ccccc2)c1Cl.c1ccccc1. The molecular weight excluding hydrogens is 403 g/mol. The van der Waals surface area contributed by atoms with E-state index in [2.05, 4.69) is 4.74 Å². The highest BCUT2D eigenvalue weighted by molar-refractivity contribution is 6.43. The van der Waals surface area contributed by atoms with Crippen LogP contribution in [0.15, 0.2) is 84.9 Å². The summed E-state index contributed by atoms with van der Waals surface area (Å²) < 4.78 is 4.40. The van der Waals surface area contributed by atoms with E-state index < -0.39 is 0 Å². The minimum atomic E-state index is -0.211. The average molecular weight is 426 g/mol. The van der Waals surface area contributed by atoms with Gasteiger partial charge in [-0.05, 0) is 18.6 Å². The van der Waals surface area contributed by atoms with Crippen molar-refractivity contribution in [3.8, 4) is 11.1 Å². The van der Waals surface area contributed by atoms with Crippen molar-refractivity contribution >= 4 is 41.6 Å². The monoisotopic (exact) mass is 424 g/mol. The molecule has 0 bridgehead atoms. The summed E-state index contributed by atoms with van der Waals surface area (Å²) in [6, 6.07) is 27.6. The first-order valence-electron chi connectivity index (χ1n) is 8.19. The molecule has 144 valence electrons. The molecule has 0 aliphatic carbocycles. The van der Waals surface area contributed by atoms with E-state index in [1.807, 2.05) is 78.9 Å². The molecule has 0 saturated carbocycles. The maximum atomic E-state index is 9.82. The molecule has 0 aromatic heterocycles. The predicted octanol–water partition coefficient (Wildman–Crippen LogP) is 7.34. The van der Waals surface area contributed by atoms with Gasteiger partial charge in [0.2, 0.25) is 0 Å². The maximum absolute atomic E-state index is 9.82. The number of carbonyl (C=O) groups excluding carboxylic acids is 1. The van der Waals surface area contributed by atoms with Crippen LogP contribution in [0.4, 0.5) is 0 Å². The Hall–Kier alpha value is -2.00. The first-order valence-corrected chi connectivity index (χ1v) is 8.94. The van der Waals surface area contributed by atoms with Gasteiger partial charge in [-0.1, -0.05) is 102 Å². The van der Waals surface area contributed by atoms with Gasteiger partial charge in [0.1, 0.15) is 0 Å². The Morgan fingerprint density at radius 1 is 0.815 bits per heavy atom. The molecule has 0 fully saturated rings. The number of ether oxygens (including phenoxy) is 1. The molecule has 0 unspecified atom stereocenters. The van der Waals surface area contributed by atoms with E-state index in [1.165, 1.54) is 6.92 Å². The van der Waals surface area contributed by atoms with Gasteiger partial charge in [0.15, 0.2) is 0 Å². The quantitative estimate of drug-likeness (QED) is 0.401. The van der Waals surface area contributed by atoms with Crippen molar-refractivity contribution in [2.24, 2.45) is 0 Å². The van der Waals surface area contributed by atoms with E-state index >= 15 is 0 Å². The minimum Gasteiger partial charge on any atom is -0.466 e. The van der Waals surface area contributed by atoms with Gasteiger partial charge in [0.05, 0.1) is 16.7 Å². The third-order valence-corrected chi connectivity index (χ3v) is 3.87. The zero-order valence-electron chi connectivity index (χ0n) is 15.3. The van der Waals surface area contributed by atoms with Crippen molar-refractivity contribution in [3.63, 3.8) is 0 Å². The van der Waals surface area contributed by atoms with Gasteiger partial charge < -0.3 is 4.74 Å². The molecule has 0 amide bonds. The Labute approximate surface area is 177 Å². The van der Waals surface area contributed by atoms with Gasteiger partial charge in [-0.3, -0.25) is 4.79 Å². The molecule has 0 heterocycles. The summed E-state index contributed by atoms with van der Waals surface area (Å²) in [5.41, 5.74) is 2.06. The van der Waals surface area contributed by atoms with Crippen LogP contribution in [0.25, 0.3) is 11.1 Å². The van der Waals surface area contributed by atoms with E-state index in [0.29, 0.717) is 16.7 Å². The van der Waals surface area contributed by atoms with Gasteiger partial charge in [0, 0.05) is 12.5 Å². The molecule has 0 atom stereocenters. The van der Waals surface area contributed by atoms with Crippen LogP contribution in [-0.2, 0) is 9.53 Å². The molecule has 0 spiro atoms. The molecule has 3 aromatic carbocycles. The van der Waals surface area contributed by atoms with Crippen LogP contribution in [0.5, 0.6) is 0 Å². The summed E-state index contributed by atoms with van der Waals surface area (Å²) in [4.78, 5) is 9.82. The maximum Gasteiger partial charge on any atom is 0.302 e. The fourth-order valence-corrected chi connectivity index (χ4v) is 2.34. The van der Waals surface area contributed by atoms with Crippen molar-refractivity contribution in [3.05, 3.63) is 95.0 Å². The number of hydrogen-bond donors (Lipinski definition) is 0. The van der Waals surface area contributed by atoms with Gasteiger partial charge in [0.25, 0.3) is 0 Å². The topological polar surface area (TPSA) is 26.3 Å². The second-order valence-corrected chi connectivity index (χ2v) is 5.83. The Bertz CT molecular complexity index is 736. The normalized spacial score (nSPS) is 8.74. The summed E-state index contributed by atoms with van der Waals surface area (Å²) in [6.07, 6.45) is 0. The predicted molar refractivity (Wildman–Crippen MR) is 118 cm³/mol. The molecule has 0 saturated heterocycles. The molecule has 0 aliphatic rings. The number of halogens is 3. The van der Waals surface area contributed by atoms with Gasteiger partial charge in [-0.15, -0.1) is 12.4 Å². The molecule has 0 aliphatic heterocycles. The lowest BCUT2D eigenvalue weighted by Gasteiger charge is -2.04. The number of carbonyl (C=O) groups is 1. The largest absolute Gasteiger partial charge is 0.466 e. The van der Waals surface area contributed by atoms with Crippen molar-refractivity contribution in [1.29, 1.82) is 0 Å². The second-order valence-electron chi connectivity index (χ2n) is 5.05. The highest BCUT2D eigenvalue weighted by atomic mass is 35.5. The van der Waals surface area contributed by atoms with Crippen LogP contribution in [-0.4, -0.2) is 12.6 Å². The Morgan fingerprint density at radius 2 is 1.30 bits per heavy atom. The van der Waals surface area contributed by atoms with Gasteiger partial charge in [-0.25, -0.2) is 0 Å². The molecule has 27 heavy (non-hydrogen) atoms. The third kappa shape index (κ3) is 10.7. The first-order chi connectivity index (χ1) is 12.6.